The van der Waals surface area contributed by atoms with Crippen LogP contribution in [-0.2, 0) is 4.74 Å². The normalized spacial score (nSPS) is 13.3. The number of anilines is 1. The van der Waals surface area contributed by atoms with Crippen LogP contribution in [0.1, 0.15) is 11.1 Å². The molecule has 1 N–H and O–H groups in total. The van der Waals surface area contributed by atoms with Crippen molar-refractivity contribution in [3.63, 3.8) is 0 Å². The molecule has 0 saturated carbocycles. The minimum Gasteiger partial charge on any atom is -0.493 e. The Labute approximate surface area is 174 Å². The third-order valence-electron chi connectivity index (χ3n) is 4.29. The molecule has 28 heavy (non-hydrogen) atoms. The number of aromatic nitrogens is 1. The van der Waals surface area contributed by atoms with Crippen LogP contribution in [0.5, 0.6) is 5.75 Å². The van der Waals surface area contributed by atoms with Crippen molar-refractivity contribution in [2.24, 2.45) is 5.92 Å². The number of benzene rings is 1. The van der Waals surface area contributed by atoms with Gasteiger partial charge >= 0.3 is 0 Å². The van der Waals surface area contributed by atoms with E-state index in [9.17, 15) is 10.5 Å². The average molecular weight is 413 g/mol. The molecule has 0 aliphatic carbocycles. The molecule has 0 radical (unpaired) electrons. The number of hydrogen-bond donors (Lipinski definition) is 2. The van der Waals surface area contributed by atoms with Gasteiger partial charge in [0, 0.05) is 30.0 Å². The molecule has 0 spiro atoms. The van der Waals surface area contributed by atoms with Gasteiger partial charge in [0.05, 0.1) is 25.4 Å². The van der Waals surface area contributed by atoms with Gasteiger partial charge < -0.3 is 14.8 Å². The van der Waals surface area contributed by atoms with E-state index in [0.29, 0.717) is 45.8 Å². The molecule has 1 aromatic carbocycles. The summed E-state index contributed by atoms with van der Waals surface area (Å²) >= 11 is 5.67. The largest absolute Gasteiger partial charge is 0.493 e. The van der Waals surface area contributed by atoms with E-state index in [1.54, 1.807) is 7.05 Å². The standard InChI is InChI=1S/C20H20N4O2S2/c1-23-19-16(8-21)18(14-2-4-15(5-3-14)26-6-7-27)17(9-22)20(24-19)28-12-13-10-25-11-13/h2-5,13,27H,6-7,10-12H2,1H3,(H,23,24). The number of nitriles is 2. The van der Waals surface area contributed by atoms with E-state index in [1.807, 2.05) is 24.3 Å². The van der Waals surface area contributed by atoms with Gasteiger partial charge in [-0.15, -0.1) is 11.8 Å². The molecule has 2 aromatic rings. The van der Waals surface area contributed by atoms with Gasteiger partial charge in [-0.2, -0.15) is 23.2 Å². The zero-order chi connectivity index (χ0) is 19.9. The molecule has 3 rings (SSSR count). The summed E-state index contributed by atoms with van der Waals surface area (Å²) in [5, 5.41) is 23.2. The fraction of sp³-hybridized carbons (Fsp3) is 0.350. The van der Waals surface area contributed by atoms with Crippen molar-refractivity contribution in [2.45, 2.75) is 5.03 Å². The highest BCUT2D eigenvalue weighted by Crippen LogP contribution is 2.37. The molecule has 6 nitrogen and oxygen atoms in total. The first-order valence-electron chi connectivity index (χ1n) is 8.82. The van der Waals surface area contributed by atoms with Crippen molar-refractivity contribution in [2.75, 3.05) is 43.7 Å². The van der Waals surface area contributed by atoms with Crippen LogP contribution < -0.4 is 10.1 Å². The minimum absolute atomic E-state index is 0.361. The molecule has 0 amide bonds. The number of nitrogens with zero attached hydrogens (tertiary/aromatic N) is 3. The van der Waals surface area contributed by atoms with Crippen molar-refractivity contribution >= 4 is 30.2 Å². The molecule has 1 aliphatic rings. The maximum absolute atomic E-state index is 9.86. The quantitative estimate of drug-likeness (QED) is 0.506. The highest BCUT2D eigenvalue weighted by atomic mass is 32.2. The van der Waals surface area contributed by atoms with Gasteiger partial charge in [-0.3, -0.25) is 0 Å². The lowest BCUT2D eigenvalue weighted by Crippen LogP contribution is -2.29. The Kier molecular flexibility index (Phi) is 7.05. The van der Waals surface area contributed by atoms with Gasteiger partial charge in [-0.1, -0.05) is 12.1 Å². The third-order valence-corrected chi connectivity index (χ3v) is 5.68. The van der Waals surface area contributed by atoms with Gasteiger partial charge in [0.2, 0.25) is 0 Å². The second-order valence-electron chi connectivity index (χ2n) is 6.18. The van der Waals surface area contributed by atoms with Crippen molar-refractivity contribution in [3.8, 4) is 29.0 Å². The predicted octanol–water partition coefficient (Wildman–Crippen LogP) is 3.58. The Morgan fingerprint density at radius 1 is 1.25 bits per heavy atom. The molecule has 2 heterocycles. The first-order valence-corrected chi connectivity index (χ1v) is 10.4. The summed E-state index contributed by atoms with van der Waals surface area (Å²) in [5.74, 6) is 3.11. The monoisotopic (exact) mass is 412 g/mol. The SMILES string of the molecule is CNc1nc(SCC2COC2)c(C#N)c(-c2ccc(OCCS)cc2)c1C#N. The van der Waals surface area contributed by atoms with Crippen LogP contribution in [-0.4, -0.2) is 43.4 Å². The molecule has 0 unspecified atom stereocenters. The van der Waals surface area contributed by atoms with E-state index in [0.717, 1.165) is 30.3 Å². The lowest BCUT2D eigenvalue weighted by molar-refractivity contribution is -0.0196. The second-order valence-corrected chi connectivity index (χ2v) is 7.63. The van der Waals surface area contributed by atoms with E-state index >= 15 is 0 Å². The Bertz CT molecular complexity index is 916. The first kappa shape index (κ1) is 20.3. The van der Waals surface area contributed by atoms with Gasteiger partial charge in [0.25, 0.3) is 0 Å². The van der Waals surface area contributed by atoms with Gasteiger partial charge in [0.15, 0.2) is 0 Å². The lowest BCUT2D eigenvalue weighted by atomic mass is 9.96. The third kappa shape index (κ3) is 4.36. The van der Waals surface area contributed by atoms with E-state index < -0.39 is 0 Å². The summed E-state index contributed by atoms with van der Waals surface area (Å²) in [6.07, 6.45) is 0. The fourth-order valence-electron chi connectivity index (χ4n) is 2.81. The predicted molar refractivity (Wildman–Crippen MR) is 113 cm³/mol. The number of rotatable bonds is 8. The minimum atomic E-state index is 0.361. The molecule has 8 heteroatoms. The Balaban J connectivity index is 2.03. The molecule has 0 bridgehead atoms. The van der Waals surface area contributed by atoms with Crippen LogP contribution in [0, 0.1) is 28.6 Å². The average Bonchev–Trinajstić information content (AvgIpc) is 2.70. The summed E-state index contributed by atoms with van der Waals surface area (Å²) in [6, 6.07) is 11.9. The summed E-state index contributed by atoms with van der Waals surface area (Å²) in [4.78, 5) is 4.54. The molecule has 1 fully saturated rings. The molecule has 1 aromatic heterocycles. The smallest absolute Gasteiger partial charge is 0.145 e. The number of thiol groups is 1. The molecular weight excluding hydrogens is 392 g/mol. The van der Waals surface area contributed by atoms with Crippen molar-refractivity contribution in [1.82, 2.24) is 4.98 Å². The van der Waals surface area contributed by atoms with Crippen LogP contribution in [0.3, 0.4) is 0 Å². The Hall–Kier alpha value is -2.39. The summed E-state index contributed by atoms with van der Waals surface area (Å²) in [6.45, 7) is 2.00. The first-order chi connectivity index (χ1) is 13.7. The van der Waals surface area contributed by atoms with Crippen molar-refractivity contribution in [1.29, 1.82) is 10.5 Å². The summed E-state index contributed by atoms with van der Waals surface area (Å²) in [7, 11) is 1.72. The van der Waals surface area contributed by atoms with Crippen LogP contribution in [0.4, 0.5) is 5.82 Å². The Morgan fingerprint density at radius 3 is 2.50 bits per heavy atom. The number of nitrogens with one attached hydrogen (secondary N) is 1. The lowest BCUT2D eigenvalue weighted by Gasteiger charge is -2.25. The molecule has 0 atom stereocenters. The van der Waals surface area contributed by atoms with E-state index in [1.165, 1.54) is 11.8 Å². The molecule has 144 valence electrons. The van der Waals surface area contributed by atoms with Crippen LogP contribution in [0.25, 0.3) is 11.1 Å². The summed E-state index contributed by atoms with van der Waals surface area (Å²) in [5.41, 5.74) is 2.15. The number of pyridine rings is 1. The van der Waals surface area contributed by atoms with Gasteiger partial charge in [0.1, 0.15) is 34.3 Å². The fourth-order valence-corrected chi connectivity index (χ4v) is 3.93. The van der Waals surface area contributed by atoms with Crippen molar-refractivity contribution in [3.05, 3.63) is 35.4 Å². The topological polar surface area (TPSA) is 91.0 Å². The second kappa shape index (κ2) is 9.70. The zero-order valence-electron chi connectivity index (χ0n) is 15.4. The molecular formula is C20H20N4O2S2. The Morgan fingerprint density at radius 2 is 1.96 bits per heavy atom. The van der Waals surface area contributed by atoms with Crippen molar-refractivity contribution < 1.29 is 9.47 Å². The highest BCUT2D eigenvalue weighted by Gasteiger charge is 2.24. The number of hydrogen-bond acceptors (Lipinski definition) is 8. The highest BCUT2D eigenvalue weighted by molar-refractivity contribution is 7.99. The maximum atomic E-state index is 9.86. The van der Waals surface area contributed by atoms with Gasteiger partial charge in [-0.25, -0.2) is 4.98 Å². The zero-order valence-corrected chi connectivity index (χ0v) is 17.1. The van der Waals surface area contributed by atoms with Crippen LogP contribution >= 0.6 is 24.4 Å². The molecule has 1 aliphatic heterocycles. The summed E-state index contributed by atoms with van der Waals surface area (Å²) < 4.78 is 10.8. The van der Waals surface area contributed by atoms with E-state index in [2.05, 4.69) is 35.1 Å². The van der Waals surface area contributed by atoms with Crippen LogP contribution in [0.2, 0.25) is 0 Å². The maximum Gasteiger partial charge on any atom is 0.145 e. The number of ether oxygens (including phenoxy) is 2. The van der Waals surface area contributed by atoms with E-state index in [4.69, 9.17) is 9.47 Å². The van der Waals surface area contributed by atoms with E-state index in [-0.39, 0.29) is 0 Å². The number of thioether (sulfide) groups is 1. The van der Waals surface area contributed by atoms with Gasteiger partial charge in [-0.05, 0) is 17.7 Å². The van der Waals surface area contributed by atoms with Crippen LogP contribution in [0.15, 0.2) is 29.3 Å². The molecule has 1 saturated heterocycles.